The Kier molecular flexibility index (Phi) is 6.29. The monoisotopic (exact) mass is 508 g/mol. The van der Waals surface area contributed by atoms with E-state index in [-0.39, 0.29) is 11.6 Å². The van der Waals surface area contributed by atoms with Crippen molar-refractivity contribution in [3.8, 4) is 22.8 Å². The summed E-state index contributed by atoms with van der Waals surface area (Å²) < 4.78 is 37.1. The van der Waals surface area contributed by atoms with Crippen molar-refractivity contribution in [2.75, 3.05) is 25.7 Å². The van der Waals surface area contributed by atoms with Crippen LogP contribution in [0, 0.1) is 0 Å². The Labute approximate surface area is 209 Å². The quantitative estimate of drug-likeness (QED) is 0.366. The number of rotatable bonds is 9. The summed E-state index contributed by atoms with van der Waals surface area (Å²) in [4.78, 5) is 25.2. The van der Waals surface area contributed by atoms with Gasteiger partial charge in [0.15, 0.2) is 11.4 Å². The van der Waals surface area contributed by atoms with Crippen molar-refractivity contribution in [3.63, 3.8) is 0 Å². The van der Waals surface area contributed by atoms with E-state index >= 15 is 0 Å². The lowest BCUT2D eigenvalue weighted by molar-refractivity contribution is 0.296. The standard InChI is InChI=1S/C26H28N4O5S/c1-4-35-25-23(34-2)12-11-20(28-25)22(15-36(3,32)33)30-24-21(29-26(30)31)13-17(14-27-24)19-8-6-5-7-18(19)16-9-10-16/h5-8,11-14,16,22H,4,9-10,15H2,1-3H3,(H,29,31)/t22-/m1/s1. The molecule has 1 aliphatic carbocycles. The first-order valence-corrected chi connectivity index (χ1v) is 13.9. The van der Waals surface area contributed by atoms with Gasteiger partial charge in [-0.1, -0.05) is 24.3 Å². The van der Waals surface area contributed by atoms with E-state index in [4.69, 9.17) is 9.47 Å². The van der Waals surface area contributed by atoms with Gasteiger partial charge < -0.3 is 14.5 Å². The number of methoxy groups -OCH3 is 1. The average Bonchev–Trinajstić information content (AvgIpc) is 3.64. The summed E-state index contributed by atoms with van der Waals surface area (Å²) in [6.07, 6.45) is 5.21. The van der Waals surface area contributed by atoms with Crippen LogP contribution < -0.4 is 15.2 Å². The van der Waals surface area contributed by atoms with Gasteiger partial charge in [0.25, 0.3) is 5.88 Å². The molecule has 5 rings (SSSR count). The maximum absolute atomic E-state index is 13.2. The summed E-state index contributed by atoms with van der Waals surface area (Å²) in [5, 5.41) is 0. The van der Waals surface area contributed by atoms with Crippen molar-refractivity contribution in [2.24, 2.45) is 0 Å². The molecule has 10 heteroatoms. The van der Waals surface area contributed by atoms with Crippen LogP contribution in [0.3, 0.4) is 0 Å². The van der Waals surface area contributed by atoms with Gasteiger partial charge in [-0.2, -0.15) is 0 Å². The highest BCUT2D eigenvalue weighted by Crippen LogP contribution is 2.44. The molecule has 0 saturated heterocycles. The van der Waals surface area contributed by atoms with Crippen LogP contribution in [0.5, 0.6) is 11.6 Å². The SMILES string of the molecule is CCOc1nc([C@@H](CS(C)(=O)=O)n2c(=O)[nH]c3cc(-c4ccccc4C4CC4)cnc32)ccc1OC. The molecule has 1 N–H and O–H groups in total. The lowest BCUT2D eigenvalue weighted by Crippen LogP contribution is -2.29. The zero-order valence-corrected chi connectivity index (χ0v) is 21.2. The third-order valence-corrected chi connectivity index (χ3v) is 7.23. The fraction of sp³-hybridized carbons (Fsp3) is 0.346. The third-order valence-electron chi connectivity index (χ3n) is 6.31. The molecule has 0 bridgehead atoms. The number of aromatic nitrogens is 4. The Morgan fingerprint density at radius 2 is 1.97 bits per heavy atom. The van der Waals surface area contributed by atoms with Crippen molar-refractivity contribution < 1.29 is 17.9 Å². The van der Waals surface area contributed by atoms with E-state index in [0.29, 0.717) is 35.1 Å². The number of nitrogens with one attached hydrogen (secondary N) is 1. The molecule has 0 unspecified atom stereocenters. The Bertz CT molecular complexity index is 1590. The summed E-state index contributed by atoms with van der Waals surface area (Å²) in [7, 11) is -2.00. The molecule has 9 nitrogen and oxygen atoms in total. The lowest BCUT2D eigenvalue weighted by atomic mass is 9.98. The number of pyridine rings is 2. The second-order valence-corrected chi connectivity index (χ2v) is 11.2. The van der Waals surface area contributed by atoms with Crippen molar-refractivity contribution >= 4 is 21.0 Å². The van der Waals surface area contributed by atoms with Crippen LogP contribution in [0.2, 0.25) is 0 Å². The Hall–Kier alpha value is -3.66. The van der Waals surface area contributed by atoms with Crippen LogP contribution in [0.25, 0.3) is 22.3 Å². The molecule has 0 amide bonds. The van der Waals surface area contributed by atoms with Gasteiger partial charge in [-0.15, -0.1) is 0 Å². The Morgan fingerprint density at radius 3 is 2.67 bits per heavy atom. The summed E-state index contributed by atoms with van der Waals surface area (Å²) in [6, 6.07) is 12.5. The van der Waals surface area contributed by atoms with Crippen LogP contribution in [0.4, 0.5) is 0 Å². The zero-order chi connectivity index (χ0) is 25.4. The highest BCUT2D eigenvalue weighted by molar-refractivity contribution is 7.90. The van der Waals surface area contributed by atoms with Gasteiger partial charge in [0.1, 0.15) is 9.84 Å². The maximum Gasteiger partial charge on any atom is 0.328 e. The lowest BCUT2D eigenvalue weighted by Gasteiger charge is -2.19. The molecule has 1 aromatic carbocycles. The second kappa shape index (κ2) is 9.42. The summed E-state index contributed by atoms with van der Waals surface area (Å²) in [6.45, 7) is 2.16. The maximum atomic E-state index is 13.2. The molecular formula is C26H28N4O5S. The molecule has 1 saturated carbocycles. The van der Waals surface area contributed by atoms with Gasteiger partial charge in [0, 0.05) is 18.0 Å². The van der Waals surface area contributed by atoms with E-state index in [9.17, 15) is 13.2 Å². The predicted molar refractivity (Wildman–Crippen MR) is 138 cm³/mol. The number of fused-ring (bicyclic) bond motifs is 1. The number of aromatic amines is 1. The smallest absolute Gasteiger partial charge is 0.328 e. The second-order valence-electron chi connectivity index (χ2n) is 9.04. The van der Waals surface area contributed by atoms with Crippen molar-refractivity contribution in [2.45, 2.75) is 31.7 Å². The molecule has 3 heterocycles. The van der Waals surface area contributed by atoms with E-state index < -0.39 is 21.6 Å². The molecule has 3 aromatic heterocycles. The van der Waals surface area contributed by atoms with Gasteiger partial charge in [-0.05, 0) is 55.0 Å². The van der Waals surface area contributed by atoms with Gasteiger partial charge in [-0.25, -0.2) is 23.2 Å². The number of sulfone groups is 1. The minimum absolute atomic E-state index is 0.232. The first-order chi connectivity index (χ1) is 17.3. The average molecular weight is 509 g/mol. The Balaban J connectivity index is 1.64. The fourth-order valence-corrected chi connectivity index (χ4v) is 5.46. The van der Waals surface area contributed by atoms with Gasteiger partial charge in [0.2, 0.25) is 0 Å². The highest BCUT2D eigenvalue weighted by Gasteiger charge is 2.28. The largest absolute Gasteiger partial charge is 0.491 e. The van der Waals surface area contributed by atoms with E-state index in [1.165, 1.54) is 30.1 Å². The van der Waals surface area contributed by atoms with E-state index in [2.05, 4.69) is 27.1 Å². The fourth-order valence-electron chi connectivity index (χ4n) is 4.56. The van der Waals surface area contributed by atoms with E-state index in [1.54, 1.807) is 18.3 Å². The molecule has 188 valence electrons. The van der Waals surface area contributed by atoms with Crippen LogP contribution in [0.15, 0.2) is 53.5 Å². The number of hydrogen-bond donors (Lipinski definition) is 1. The first-order valence-electron chi connectivity index (χ1n) is 11.8. The number of H-pyrrole nitrogens is 1. The van der Waals surface area contributed by atoms with Gasteiger partial charge in [0.05, 0.1) is 36.7 Å². The van der Waals surface area contributed by atoms with Gasteiger partial charge >= 0.3 is 5.69 Å². The molecule has 1 fully saturated rings. The summed E-state index contributed by atoms with van der Waals surface area (Å²) in [5.41, 5.74) is 4.05. The molecule has 0 radical (unpaired) electrons. The van der Waals surface area contributed by atoms with Crippen molar-refractivity contribution in [3.05, 3.63) is 70.4 Å². The van der Waals surface area contributed by atoms with Crippen LogP contribution in [0.1, 0.15) is 43.0 Å². The third kappa shape index (κ3) is 4.73. The number of nitrogens with zero attached hydrogens (tertiary/aromatic N) is 3. The number of ether oxygens (including phenoxy) is 2. The molecule has 36 heavy (non-hydrogen) atoms. The van der Waals surface area contributed by atoms with Crippen LogP contribution in [-0.2, 0) is 9.84 Å². The van der Waals surface area contributed by atoms with E-state index in [0.717, 1.165) is 17.4 Å². The molecule has 1 aliphatic rings. The van der Waals surface area contributed by atoms with Crippen molar-refractivity contribution in [1.29, 1.82) is 0 Å². The predicted octanol–water partition coefficient (Wildman–Crippen LogP) is 3.71. The van der Waals surface area contributed by atoms with Gasteiger partial charge in [-0.3, -0.25) is 4.57 Å². The Morgan fingerprint density at radius 1 is 1.19 bits per heavy atom. The minimum atomic E-state index is -3.50. The zero-order valence-electron chi connectivity index (χ0n) is 20.4. The van der Waals surface area contributed by atoms with Crippen molar-refractivity contribution in [1.82, 2.24) is 19.5 Å². The highest BCUT2D eigenvalue weighted by atomic mass is 32.2. The van der Waals surface area contributed by atoms with Crippen LogP contribution >= 0.6 is 0 Å². The molecule has 0 aliphatic heterocycles. The first kappa shape index (κ1) is 24.1. The topological polar surface area (TPSA) is 116 Å². The number of hydrogen-bond acceptors (Lipinski definition) is 7. The molecular weight excluding hydrogens is 480 g/mol. The van der Waals surface area contributed by atoms with Crippen LogP contribution in [-0.4, -0.2) is 53.7 Å². The van der Waals surface area contributed by atoms with E-state index in [1.807, 2.05) is 25.1 Å². The summed E-state index contributed by atoms with van der Waals surface area (Å²) >= 11 is 0. The normalized spacial score (nSPS) is 14.6. The summed E-state index contributed by atoms with van der Waals surface area (Å²) in [5.74, 6) is 0.872. The number of benzene rings is 1. The molecule has 4 aromatic rings. The molecule has 0 spiro atoms. The number of imidazole rings is 1. The minimum Gasteiger partial charge on any atom is -0.491 e. The molecule has 1 atom stereocenters.